The molecule has 2 aromatic heterocycles. The van der Waals surface area contributed by atoms with Crippen LogP contribution in [0.5, 0.6) is 11.5 Å². The van der Waals surface area contributed by atoms with Crippen LogP contribution in [-0.4, -0.2) is 87.4 Å². The molecular weight excluding hydrogens is 1500 g/mol. The van der Waals surface area contributed by atoms with Crippen molar-refractivity contribution in [2.75, 3.05) is 26.4 Å². The number of ether oxygens (including phenoxy) is 6. The van der Waals surface area contributed by atoms with Gasteiger partial charge in [-0.15, -0.1) is 10.2 Å². The number of aromatic nitrogens is 4. The molecular formula is C80H90BF10IN4O10. The lowest BCUT2D eigenvalue weighted by Gasteiger charge is -2.32. The molecule has 6 aromatic carbocycles. The molecule has 0 bridgehead atoms. The summed E-state index contributed by atoms with van der Waals surface area (Å²) in [4.78, 5) is 24.1. The molecule has 3 saturated heterocycles. The van der Waals surface area contributed by atoms with Crippen molar-refractivity contribution >= 4 is 80.2 Å². The zero-order chi connectivity index (χ0) is 77.3. The second-order valence-corrected chi connectivity index (χ2v) is 30.4. The molecule has 0 N–H and O–H groups in total. The number of halogens is 11. The van der Waals surface area contributed by atoms with E-state index in [1.165, 1.54) is 4.68 Å². The fourth-order valence-corrected chi connectivity index (χ4v) is 13.1. The van der Waals surface area contributed by atoms with Crippen LogP contribution >= 0.6 is 22.6 Å². The summed E-state index contributed by atoms with van der Waals surface area (Å²) in [7, 11) is -0.576. The van der Waals surface area contributed by atoms with Crippen molar-refractivity contribution in [3.05, 3.63) is 193 Å². The van der Waals surface area contributed by atoms with Crippen molar-refractivity contribution in [1.82, 2.24) is 19.6 Å². The van der Waals surface area contributed by atoms with Gasteiger partial charge >= 0.3 is 31.4 Å². The highest BCUT2D eigenvalue weighted by Gasteiger charge is 2.53. The SMILES string of the molecule is CC/C(B1OC(C)(C)C(C)(C)O1)=C(/c1ccc(OCCCC(=O)OC(C)(C)C)cc1)c1ccc2c(c1)c(F)nn2C1CCCCO1.CCC(=C(c1ccc(OCCCC(=O)OC(C)(C)C)cc1)c1ccc2c(c1)c(F)nn2C1CCCCO1)c1cc(F)cc(C(F)(F)F)c1.Fc1cc(I)cc(C(F)(F)F)c1. The number of carbonyl (C=O) groups excluding carboxylic acids is 2. The zero-order valence-corrected chi connectivity index (χ0v) is 63.8. The van der Waals surface area contributed by atoms with Crippen LogP contribution in [0.25, 0.3) is 38.5 Å². The summed E-state index contributed by atoms with van der Waals surface area (Å²) in [6.45, 7) is 24.8. The quantitative estimate of drug-likeness (QED) is 0.0179. The van der Waals surface area contributed by atoms with E-state index in [-0.39, 0.29) is 52.1 Å². The maximum Gasteiger partial charge on any atom is 0.491 e. The normalized spacial score (nSPS) is 17.4. The molecule has 2 unspecified atom stereocenters. The van der Waals surface area contributed by atoms with E-state index in [2.05, 4.69) is 17.1 Å². The molecule has 3 aliphatic heterocycles. The Morgan fingerprint density at radius 1 is 0.528 bits per heavy atom. The number of alkyl halides is 6. The number of nitrogens with zero attached hydrogens (tertiary/aromatic N) is 4. The Hall–Kier alpha value is -7.79. The van der Waals surface area contributed by atoms with E-state index >= 15 is 8.78 Å². The number of rotatable bonds is 20. The number of carbonyl (C=O) groups is 2. The van der Waals surface area contributed by atoms with Crippen LogP contribution in [-0.2, 0) is 50.2 Å². The molecule has 2 atom stereocenters. The van der Waals surface area contributed by atoms with Gasteiger partial charge in [0.25, 0.3) is 0 Å². The van der Waals surface area contributed by atoms with E-state index in [1.807, 2.05) is 90.9 Å². The number of benzene rings is 6. The third-order valence-electron chi connectivity index (χ3n) is 18.1. The molecule has 26 heteroatoms. The Bertz CT molecular complexity index is 4400. The van der Waals surface area contributed by atoms with Gasteiger partial charge in [0.15, 0.2) is 12.5 Å². The van der Waals surface area contributed by atoms with Gasteiger partial charge in [-0.1, -0.05) is 50.2 Å². The molecule has 106 heavy (non-hydrogen) atoms. The minimum atomic E-state index is -4.75. The predicted octanol–water partition coefficient (Wildman–Crippen LogP) is 21.6. The van der Waals surface area contributed by atoms with E-state index in [9.17, 15) is 44.7 Å². The first-order valence-corrected chi connectivity index (χ1v) is 36.6. The number of hydrogen-bond acceptors (Lipinski definition) is 12. The largest absolute Gasteiger partial charge is 0.494 e. The first-order chi connectivity index (χ1) is 49.8. The maximum absolute atomic E-state index is 15.4. The van der Waals surface area contributed by atoms with Crippen molar-refractivity contribution in [1.29, 1.82) is 0 Å². The van der Waals surface area contributed by atoms with Gasteiger partial charge < -0.3 is 37.7 Å². The summed E-state index contributed by atoms with van der Waals surface area (Å²) in [6.07, 6.45) is -2.15. The second-order valence-electron chi connectivity index (χ2n) is 29.1. The Morgan fingerprint density at radius 3 is 1.34 bits per heavy atom. The van der Waals surface area contributed by atoms with E-state index in [1.54, 1.807) is 97.4 Å². The molecule has 0 spiro atoms. The number of esters is 2. The summed E-state index contributed by atoms with van der Waals surface area (Å²) < 4.78 is 186. The molecule has 0 aliphatic carbocycles. The van der Waals surface area contributed by atoms with E-state index < -0.39 is 82.8 Å². The highest BCUT2D eigenvalue weighted by molar-refractivity contribution is 14.1. The van der Waals surface area contributed by atoms with Gasteiger partial charge in [-0.2, -0.15) is 35.1 Å². The van der Waals surface area contributed by atoms with Crippen LogP contribution in [0, 0.1) is 27.1 Å². The third-order valence-corrected chi connectivity index (χ3v) is 18.8. The lowest BCUT2D eigenvalue weighted by atomic mass is 9.70. The molecule has 14 nitrogen and oxygen atoms in total. The van der Waals surface area contributed by atoms with Crippen LogP contribution < -0.4 is 9.47 Å². The Labute approximate surface area is 625 Å². The lowest BCUT2D eigenvalue weighted by Crippen LogP contribution is -2.41. The second kappa shape index (κ2) is 34.6. The van der Waals surface area contributed by atoms with Crippen LogP contribution in [0.4, 0.5) is 43.9 Å². The Morgan fingerprint density at radius 2 is 0.943 bits per heavy atom. The first-order valence-electron chi connectivity index (χ1n) is 35.5. The van der Waals surface area contributed by atoms with Crippen LogP contribution in [0.3, 0.4) is 0 Å². The highest BCUT2D eigenvalue weighted by atomic mass is 127. The van der Waals surface area contributed by atoms with Crippen molar-refractivity contribution in [2.45, 2.75) is 207 Å². The Kier molecular flexibility index (Phi) is 26.9. The number of fused-ring (bicyclic) bond motifs is 2. The molecule has 11 rings (SSSR count). The predicted molar refractivity (Wildman–Crippen MR) is 395 cm³/mol. The van der Waals surface area contributed by atoms with Crippen LogP contribution in [0.15, 0.2) is 127 Å². The fourth-order valence-electron chi connectivity index (χ4n) is 12.5. The summed E-state index contributed by atoms with van der Waals surface area (Å²) in [5.74, 6) is -2.45. The zero-order valence-electron chi connectivity index (χ0n) is 61.6. The summed E-state index contributed by atoms with van der Waals surface area (Å²) in [5.41, 5.74) is 2.86. The lowest BCUT2D eigenvalue weighted by molar-refractivity contribution is -0.156. The van der Waals surface area contributed by atoms with Gasteiger partial charge in [-0.3, -0.25) is 9.59 Å². The maximum atomic E-state index is 15.4. The molecule has 3 aliphatic rings. The topological polar surface area (TPSA) is 144 Å². The van der Waals surface area contributed by atoms with E-state index in [4.69, 9.17) is 37.7 Å². The summed E-state index contributed by atoms with van der Waals surface area (Å²) in [5, 5.41) is 9.06. The van der Waals surface area contributed by atoms with E-state index in [0.717, 1.165) is 78.5 Å². The van der Waals surface area contributed by atoms with Crippen molar-refractivity contribution in [3.63, 3.8) is 0 Å². The molecule has 0 amide bonds. The molecule has 0 saturated carbocycles. The third kappa shape index (κ3) is 21.5. The average Bonchev–Trinajstić information content (AvgIpc) is 1.52. The monoisotopic (exact) mass is 1590 g/mol. The van der Waals surface area contributed by atoms with Gasteiger partial charge in [0, 0.05) is 29.6 Å². The van der Waals surface area contributed by atoms with Gasteiger partial charge in [-0.25, -0.2) is 18.1 Å². The number of allylic oxidation sites excluding steroid dienone is 2. The van der Waals surface area contributed by atoms with Crippen molar-refractivity contribution < 1.29 is 91.2 Å². The van der Waals surface area contributed by atoms with Crippen molar-refractivity contribution in [3.8, 4) is 11.5 Å². The first kappa shape index (κ1) is 82.3. The fraction of sp³-hybridized carbons (Fsp3) is 0.450. The van der Waals surface area contributed by atoms with Gasteiger partial charge in [-0.05, 0) is 291 Å². The molecule has 3 fully saturated rings. The van der Waals surface area contributed by atoms with Crippen LogP contribution in [0.1, 0.15) is 212 Å². The van der Waals surface area contributed by atoms with Gasteiger partial charge in [0.05, 0.1) is 57.3 Å². The molecule has 5 heterocycles. The van der Waals surface area contributed by atoms with Crippen LogP contribution in [0.2, 0.25) is 0 Å². The van der Waals surface area contributed by atoms with Crippen molar-refractivity contribution in [2.24, 2.45) is 0 Å². The minimum Gasteiger partial charge on any atom is -0.494 e. The van der Waals surface area contributed by atoms with Gasteiger partial charge in [0.2, 0.25) is 11.9 Å². The smallest absolute Gasteiger partial charge is 0.491 e. The Balaban J connectivity index is 0.000000212. The highest BCUT2D eigenvalue weighted by Crippen LogP contribution is 2.45. The van der Waals surface area contributed by atoms with Gasteiger partial charge in [0.1, 0.15) is 34.3 Å². The number of hydrogen-bond donors (Lipinski definition) is 0. The molecule has 8 aromatic rings. The van der Waals surface area contributed by atoms with E-state index in [0.29, 0.717) is 114 Å². The standard InChI is InChI=1S/C37H39F5N2O4.C36H48BFN2O6.C7H3F4I/c1-5-29(25-19-26(37(40,41)42)22-27(38)20-25)34(23-11-14-28(15-12-23)46-18-8-10-33(45)48-36(2,3)4)24-13-16-31-30(21-24)35(39)43-44(31)32-9-6-7-17-47-32;1-9-28(37-45-35(5,6)36(7,8)46-37)32(24-15-18-26(19-16-24)42-22-12-14-31(41)44-34(2,3)4)25-17-20-29-27(23-25)33(38)39-40(29)30-13-10-11-21-43-30;8-5-1-4(7(9,10)11)2-6(12)3-5/h11-16,19-22,32H,5-10,17-18H2,1-4H3;15-20,23,30H,9-14,21-22H2,1-8H3;1-3H/b;32-28+;. The minimum absolute atomic E-state index is 0.0640. The summed E-state index contributed by atoms with van der Waals surface area (Å²) in [6, 6.07) is 30.5. The average molecular weight is 1600 g/mol. The summed E-state index contributed by atoms with van der Waals surface area (Å²) >= 11 is 1.63. The molecule has 570 valence electrons. The molecule has 0 radical (unpaired) electrons.